The number of para-hydroxylation sites is 1. The molecule has 4 rings (SSSR count). The van der Waals surface area contributed by atoms with Crippen molar-refractivity contribution in [3.05, 3.63) is 78.9 Å². The van der Waals surface area contributed by atoms with Gasteiger partial charge in [0.2, 0.25) is 0 Å². The second-order valence-electron chi connectivity index (χ2n) is 8.15. The zero-order valence-electron chi connectivity index (χ0n) is 16.8. The average Bonchev–Trinajstić information content (AvgIpc) is 2.91. The molecule has 0 aromatic heterocycles. The normalized spacial score (nSPS) is 17.5. The molecule has 1 saturated heterocycles. The summed E-state index contributed by atoms with van der Waals surface area (Å²) in [6.07, 6.45) is 0. The highest BCUT2D eigenvalue weighted by molar-refractivity contribution is 6.62. The Hall–Kier alpha value is -2.56. The van der Waals surface area contributed by atoms with Crippen LogP contribution >= 0.6 is 0 Å². The van der Waals surface area contributed by atoms with E-state index in [0.29, 0.717) is 0 Å². The van der Waals surface area contributed by atoms with Gasteiger partial charge in [-0.25, -0.2) is 0 Å². The van der Waals surface area contributed by atoms with E-state index in [1.54, 1.807) is 0 Å². The van der Waals surface area contributed by atoms with Gasteiger partial charge in [-0.1, -0.05) is 54.6 Å². The predicted molar refractivity (Wildman–Crippen MR) is 114 cm³/mol. The molecule has 0 radical (unpaired) electrons. The van der Waals surface area contributed by atoms with Crippen LogP contribution in [-0.2, 0) is 9.31 Å². The molecule has 1 aliphatic rings. The smallest absolute Gasteiger partial charge is 0.457 e. The lowest BCUT2D eigenvalue weighted by Crippen LogP contribution is -2.41. The molecule has 1 heterocycles. The van der Waals surface area contributed by atoms with Gasteiger partial charge in [0, 0.05) is 0 Å². The standard InChI is InChI=1S/C24H25BO3/c1-23(2)24(3,4)28-25(27-23)20-14-10-18(11-15-20)19-12-16-22(17-13-19)26-21-8-6-5-7-9-21/h5-17H,1-4H3. The summed E-state index contributed by atoms with van der Waals surface area (Å²) < 4.78 is 18.1. The summed E-state index contributed by atoms with van der Waals surface area (Å²) >= 11 is 0. The molecule has 1 fully saturated rings. The van der Waals surface area contributed by atoms with E-state index < -0.39 is 0 Å². The molecule has 142 valence electrons. The van der Waals surface area contributed by atoms with Crippen LogP contribution < -0.4 is 10.2 Å². The van der Waals surface area contributed by atoms with Gasteiger partial charge in [-0.15, -0.1) is 0 Å². The van der Waals surface area contributed by atoms with E-state index in [1.807, 2.05) is 42.5 Å². The zero-order valence-corrected chi connectivity index (χ0v) is 16.8. The molecule has 4 heteroatoms. The maximum atomic E-state index is 6.13. The van der Waals surface area contributed by atoms with Crippen molar-refractivity contribution in [1.29, 1.82) is 0 Å². The first-order chi connectivity index (χ1) is 13.3. The lowest BCUT2D eigenvalue weighted by atomic mass is 9.78. The average molecular weight is 372 g/mol. The highest BCUT2D eigenvalue weighted by atomic mass is 16.7. The maximum absolute atomic E-state index is 6.13. The molecule has 3 aromatic rings. The first-order valence-electron chi connectivity index (χ1n) is 9.63. The molecule has 0 saturated carbocycles. The Labute approximate surface area is 167 Å². The highest BCUT2D eigenvalue weighted by Gasteiger charge is 2.51. The van der Waals surface area contributed by atoms with Gasteiger partial charge >= 0.3 is 7.12 Å². The lowest BCUT2D eigenvalue weighted by molar-refractivity contribution is 0.00578. The quantitative estimate of drug-likeness (QED) is 0.571. The molecule has 1 aliphatic heterocycles. The van der Waals surface area contributed by atoms with Crippen molar-refractivity contribution in [3.63, 3.8) is 0 Å². The summed E-state index contributed by atoms with van der Waals surface area (Å²) in [6.45, 7) is 8.28. The number of benzene rings is 3. The van der Waals surface area contributed by atoms with E-state index in [2.05, 4.69) is 64.1 Å². The third-order valence-corrected chi connectivity index (χ3v) is 5.60. The summed E-state index contributed by atoms with van der Waals surface area (Å²) in [5.41, 5.74) is 2.66. The van der Waals surface area contributed by atoms with E-state index in [1.165, 1.54) is 0 Å². The fraction of sp³-hybridized carbons (Fsp3) is 0.250. The van der Waals surface area contributed by atoms with Crippen LogP contribution in [-0.4, -0.2) is 18.3 Å². The Bertz CT molecular complexity index is 916. The summed E-state index contributed by atoms with van der Waals surface area (Å²) in [5, 5.41) is 0. The Balaban J connectivity index is 1.47. The third kappa shape index (κ3) is 3.71. The van der Waals surface area contributed by atoms with Crippen molar-refractivity contribution in [1.82, 2.24) is 0 Å². The van der Waals surface area contributed by atoms with E-state index in [-0.39, 0.29) is 18.3 Å². The largest absolute Gasteiger partial charge is 0.494 e. The molecule has 28 heavy (non-hydrogen) atoms. The van der Waals surface area contributed by atoms with Gasteiger partial charge < -0.3 is 14.0 Å². The molecule has 0 bridgehead atoms. The minimum atomic E-state index is -0.333. The van der Waals surface area contributed by atoms with Crippen LogP contribution in [0.3, 0.4) is 0 Å². The van der Waals surface area contributed by atoms with Gasteiger partial charge in [0.1, 0.15) is 11.5 Å². The second-order valence-corrected chi connectivity index (χ2v) is 8.15. The molecule has 0 amide bonds. The van der Waals surface area contributed by atoms with Crippen molar-refractivity contribution in [2.75, 3.05) is 0 Å². The van der Waals surface area contributed by atoms with Gasteiger partial charge in [0.25, 0.3) is 0 Å². The van der Waals surface area contributed by atoms with Gasteiger partial charge in [0.05, 0.1) is 11.2 Å². The number of ether oxygens (including phenoxy) is 1. The first kappa shape index (κ1) is 18.8. The van der Waals surface area contributed by atoms with E-state index in [0.717, 1.165) is 28.1 Å². The van der Waals surface area contributed by atoms with Crippen LogP contribution in [0, 0.1) is 0 Å². The summed E-state index contributed by atoms with van der Waals surface area (Å²) in [6, 6.07) is 26.3. The molecule has 3 nitrogen and oxygen atoms in total. The Morgan fingerprint density at radius 2 is 1.07 bits per heavy atom. The predicted octanol–water partition coefficient (Wildman–Crippen LogP) is 5.45. The van der Waals surface area contributed by atoms with Gasteiger partial charge in [-0.05, 0) is 68.6 Å². The van der Waals surface area contributed by atoms with Crippen LogP contribution in [0.4, 0.5) is 0 Å². The summed E-state index contributed by atoms with van der Waals surface area (Å²) in [4.78, 5) is 0. The molecule has 0 aliphatic carbocycles. The molecular formula is C24H25BO3. The van der Waals surface area contributed by atoms with Crippen LogP contribution in [0.15, 0.2) is 78.9 Å². The molecule has 0 unspecified atom stereocenters. The number of hydrogen-bond donors (Lipinski definition) is 0. The molecule has 0 spiro atoms. The summed E-state index contributed by atoms with van der Waals surface area (Å²) in [5.74, 6) is 1.66. The Kier molecular flexibility index (Phi) is 4.78. The van der Waals surface area contributed by atoms with E-state index in [9.17, 15) is 0 Å². The minimum absolute atomic E-state index is 0.328. The van der Waals surface area contributed by atoms with Crippen molar-refractivity contribution < 1.29 is 14.0 Å². The van der Waals surface area contributed by atoms with Crippen molar-refractivity contribution in [3.8, 4) is 22.6 Å². The SMILES string of the molecule is CC1(C)OB(c2ccc(-c3ccc(Oc4ccccc4)cc3)cc2)OC1(C)C. The zero-order chi connectivity index (χ0) is 19.8. The Morgan fingerprint density at radius 3 is 1.61 bits per heavy atom. The second kappa shape index (κ2) is 7.12. The molecule has 0 N–H and O–H groups in total. The van der Waals surface area contributed by atoms with E-state index >= 15 is 0 Å². The van der Waals surface area contributed by atoms with Crippen molar-refractivity contribution in [2.24, 2.45) is 0 Å². The van der Waals surface area contributed by atoms with Gasteiger partial charge in [-0.2, -0.15) is 0 Å². The first-order valence-corrected chi connectivity index (χ1v) is 9.63. The van der Waals surface area contributed by atoms with E-state index in [4.69, 9.17) is 14.0 Å². The fourth-order valence-corrected chi connectivity index (χ4v) is 3.15. The number of hydrogen-bond acceptors (Lipinski definition) is 3. The molecule has 3 aromatic carbocycles. The van der Waals surface area contributed by atoms with Crippen LogP contribution in [0.2, 0.25) is 0 Å². The highest BCUT2D eigenvalue weighted by Crippen LogP contribution is 2.36. The molecule has 0 atom stereocenters. The van der Waals surface area contributed by atoms with Crippen molar-refractivity contribution in [2.45, 2.75) is 38.9 Å². The minimum Gasteiger partial charge on any atom is -0.457 e. The monoisotopic (exact) mass is 372 g/mol. The topological polar surface area (TPSA) is 27.7 Å². The van der Waals surface area contributed by atoms with Gasteiger partial charge in [-0.3, -0.25) is 0 Å². The number of rotatable bonds is 4. The van der Waals surface area contributed by atoms with Crippen LogP contribution in [0.1, 0.15) is 27.7 Å². The van der Waals surface area contributed by atoms with Crippen molar-refractivity contribution >= 4 is 12.6 Å². The fourth-order valence-electron chi connectivity index (χ4n) is 3.15. The summed E-state index contributed by atoms with van der Waals surface area (Å²) in [7, 11) is -0.333. The van der Waals surface area contributed by atoms with Crippen LogP contribution in [0.25, 0.3) is 11.1 Å². The maximum Gasteiger partial charge on any atom is 0.494 e. The third-order valence-electron chi connectivity index (χ3n) is 5.60. The van der Waals surface area contributed by atoms with Gasteiger partial charge in [0.15, 0.2) is 0 Å². The Morgan fingerprint density at radius 1 is 0.607 bits per heavy atom. The lowest BCUT2D eigenvalue weighted by Gasteiger charge is -2.32. The molecular weight excluding hydrogens is 347 g/mol. The van der Waals surface area contributed by atoms with Crippen LogP contribution in [0.5, 0.6) is 11.5 Å².